The standard InChI is InChI=1S/C21H19ClN2O4/c1-13-7-8-17(22)11-19(13)24-20(25)14(2)28-21(26)16(12-23)9-15-5-4-6-18(10-15)27-3/h4-11,14H,1-3H3,(H,24,25)/b16-9+/t14-/m0/s1. The number of nitrogens with zero attached hydrogens (tertiary/aromatic N) is 1. The molecule has 28 heavy (non-hydrogen) atoms. The van der Waals surface area contributed by atoms with Crippen molar-refractivity contribution in [2.45, 2.75) is 20.0 Å². The van der Waals surface area contributed by atoms with Crippen LogP contribution < -0.4 is 10.1 Å². The molecule has 0 heterocycles. The van der Waals surface area contributed by atoms with Crippen molar-refractivity contribution < 1.29 is 19.1 Å². The number of halogens is 1. The Bertz CT molecular complexity index is 963. The number of rotatable bonds is 6. The molecule has 0 aliphatic heterocycles. The number of nitrogens with one attached hydrogen (secondary N) is 1. The van der Waals surface area contributed by atoms with Gasteiger partial charge in [-0.15, -0.1) is 0 Å². The molecule has 6 nitrogen and oxygen atoms in total. The number of ether oxygens (including phenoxy) is 2. The van der Waals surface area contributed by atoms with E-state index in [0.29, 0.717) is 22.0 Å². The maximum Gasteiger partial charge on any atom is 0.349 e. The third-order valence-electron chi connectivity index (χ3n) is 3.86. The molecule has 0 saturated heterocycles. The minimum Gasteiger partial charge on any atom is -0.497 e. The number of aryl methyl sites for hydroxylation is 1. The average Bonchev–Trinajstić information content (AvgIpc) is 2.68. The second kappa shape index (κ2) is 9.58. The van der Waals surface area contributed by atoms with Crippen LogP contribution in [0.3, 0.4) is 0 Å². The van der Waals surface area contributed by atoms with Gasteiger partial charge in [-0.25, -0.2) is 4.79 Å². The summed E-state index contributed by atoms with van der Waals surface area (Å²) in [6, 6.07) is 13.7. The van der Waals surface area contributed by atoms with Gasteiger partial charge in [-0.3, -0.25) is 4.79 Å². The van der Waals surface area contributed by atoms with Crippen molar-refractivity contribution in [3.05, 3.63) is 64.2 Å². The van der Waals surface area contributed by atoms with Gasteiger partial charge in [0, 0.05) is 10.7 Å². The number of anilines is 1. The van der Waals surface area contributed by atoms with Crippen molar-refractivity contribution in [3.8, 4) is 11.8 Å². The van der Waals surface area contributed by atoms with Crippen LogP contribution in [0.4, 0.5) is 5.69 Å². The second-order valence-corrected chi connectivity index (χ2v) is 6.38. The van der Waals surface area contributed by atoms with Crippen LogP contribution in [0.2, 0.25) is 5.02 Å². The molecule has 1 atom stereocenters. The van der Waals surface area contributed by atoms with Crippen LogP contribution in [0.25, 0.3) is 6.08 Å². The van der Waals surface area contributed by atoms with Gasteiger partial charge in [0.25, 0.3) is 5.91 Å². The SMILES string of the molecule is COc1cccc(/C=C(\C#N)C(=O)O[C@@H](C)C(=O)Nc2cc(Cl)ccc2C)c1. The molecule has 0 aromatic heterocycles. The van der Waals surface area contributed by atoms with Crippen molar-refractivity contribution in [1.82, 2.24) is 0 Å². The summed E-state index contributed by atoms with van der Waals surface area (Å²) in [5.41, 5.74) is 1.70. The summed E-state index contributed by atoms with van der Waals surface area (Å²) in [6.45, 7) is 3.24. The minimum atomic E-state index is -1.10. The number of amides is 1. The molecule has 2 rings (SSSR count). The van der Waals surface area contributed by atoms with E-state index < -0.39 is 18.0 Å². The first-order chi connectivity index (χ1) is 13.3. The monoisotopic (exact) mass is 398 g/mol. The van der Waals surface area contributed by atoms with Crippen LogP contribution in [-0.2, 0) is 14.3 Å². The van der Waals surface area contributed by atoms with Crippen molar-refractivity contribution in [1.29, 1.82) is 5.26 Å². The highest BCUT2D eigenvalue weighted by molar-refractivity contribution is 6.31. The average molecular weight is 399 g/mol. The normalized spacial score (nSPS) is 11.9. The highest BCUT2D eigenvalue weighted by Gasteiger charge is 2.21. The number of esters is 1. The zero-order chi connectivity index (χ0) is 20.7. The van der Waals surface area contributed by atoms with Crippen LogP contribution in [0.1, 0.15) is 18.1 Å². The molecule has 0 aliphatic carbocycles. The van der Waals surface area contributed by atoms with Crippen LogP contribution in [0, 0.1) is 18.3 Å². The molecular weight excluding hydrogens is 380 g/mol. The van der Waals surface area contributed by atoms with Gasteiger partial charge in [0.15, 0.2) is 6.10 Å². The van der Waals surface area contributed by atoms with Crippen molar-refractivity contribution in [3.63, 3.8) is 0 Å². The van der Waals surface area contributed by atoms with E-state index in [2.05, 4.69) is 5.32 Å². The molecule has 0 bridgehead atoms. The summed E-state index contributed by atoms with van der Waals surface area (Å²) < 4.78 is 10.2. The molecule has 1 N–H and O–H groups in total. The fourth-order valence-electron chi connectivity index (χ4n) is 2.28. The number of benzene rings is 2. The van der Waals surface area contributed by atoms with Crippen LogP contribution >= 0.6 is 11.6 Å². The first-order valence-electron chi connectivity index (χ1n) is 8.38. The molecule has 144 valence electrons. The molecule has 2 aromatic carbocycles. The number of carbonyl (C=O) groups is 2. The lowest BCUT2D eigenvalue weighted by Gasteiger charge is -2.14. The van der Waals surface area contributed by atoms with Gasteiger partial charge < -0.3 is 14.8 Å². The first kappa shape index (κ1) is 21.0. The quantitative estimate of drug-likeness (QED) is 0.449. The van der Waals surface area contributed by atoms with E-state index in [9.17, 15) is 14.9 Å². The Hall–Kier alpha value is -3.30. The van der Waals surface area contributed by atoms with E-state index in [1.807, 2.05) is 6.92 Å². The molecule has 0 unspecified atom stereocenters. The van der Waals surface area contributed by atoms with Crippen molar-refractivity contribution in [2.24, 2.45) is 0 Å². The van der Waals surface area contributed by atoms with Crippen LogP contribution in [-0.4, -0.2) is 25.1 Å². The molecule has 0 radical (unpaired) electrons. The van der Waals surface area contributed by atoms with Crippen LogP contribution in [0.5, 0.6) is 5.75 Å². The highest BCUT2D eigenvalue weighted by Crippen LogP contribution is 2.21. The molecule has 0 spiro atoms. The maximum atomic E-state index is 12.3. The lowest BCUT2D eigenvalue weighted by atomic mass is 10.1. The topological polar surface area (TPSA) is 88.4 Å². The fourth-order valence-corrected chi connectivity index (χ4v) is 2.45. The lowest BCUT2D eigenvalue weighted by Crippen LogP contribution is -2.30. The third kappa shape index (κ3) is 5.60. The summed E-state index contributed by atoms with van der Waals surface area (Å²) in [5.74, 6) is -0.836. The van der Waals surface area contributed by atoms with E-state index in [0.717, 1.165) is 5.56 Å². The van der Waals surface area contributed by atoms with E-state index in [4.69, 9.17) is 21.1 Å². The fraction of sp³-hybridized carbons (Fsp3) is 0.190. The third-order valence-corrected chi connectivity index (χ3v) is 4.09. The molecule has 0 fully saturated rings. The van der Waals surface area contributed by atoms with E-state index in [1.54, 1.807) is 48.5 Å². The Morgan fingerprint density at radius 2 is 2.00 bits per heavy atom. The number of methoxy groups -OCH3 is 1. The van der Waals surface area contributed by atoms with Crippen molar-refractivity contribution in [2.75, 3.05) is 12.4 Å². The van der Waals surface area contributed by atoms with Crippen LogP contribution in [0.15, 0.2) is 48.0 Å². The van der Waals surface area contributed by atoms with Gasteiger partial charge in [0.1, 0.15) is 17.4 Å². The smallest absolute Gasteiger partial charge is 0.349 e. The summed E-state index contributed by atoms with van der Waals surface area (Å²) >= 11 is 5.93. The van der Waals surface area contributed by atoms with Gasteiger partial charge in [-0.05, 0) is 55.3 Å². The Labute approximate surface area is 168 Å². The number of carbonyl (C=O) groups excluding carboxylic acids is 2. The van der Waals surface area contributed by atoms with Gasteiger partial charge in [-0.1, -0.05) is 29.8 Å². The zero-order valence-electron chi connectivity index (χ0n) is 15.7. The molecule has 7 heteroatoms. The van der Waals surface area contributed by atoms with Crippen molar-refractivity contribution >= 4 is 35.2 Å². The number of hydrogen-bond acceptors (Lipinski definition) is 5. The molecule has 1 amide bonds. The lowest BCUT2D eigenvalue weighted by molar-refractivity contribution is -0.148. The number of hydrogen-bond donors (Lipinski definition) is 1. The highest BCUT2D eigenvalue weighted by atomic mass is 35.5. The summed E-state index contributed by atoms with van der Waals surface area (Å²) in [7, 11) is 1.52. The second-order valence-electron chi connectivity index (χ2n) is 5.94. The Kier molecular flexibility index (Phi) is 7.19. The predicted octanol–water partition coefficient (Wildman–Crippen LogP) is 4.13. The predicted molar refractivity (Wildman–Crippen MR) is 107 cm³/mol. The molecular formula is C21H19ClN2O4. The zero-order valence-corrected chi connectivity index (χ0v) is 16.4. The van der Waals surface area contributed by atoms with Gasteiger partial charge in [-0.2, -0.15) is 5.26 Å². The van der Waals surface area contributed by atoms with Gasteiger partial charge >= 0.3 is 5.97 Å². The van der Waals surface area contributed by atoms with Gasteiger partial charge in [0.2, 0.25) is 0 Å². The molecule has 0 aliphatic rings. The van der Waals surface area contributed by atoms with Gasteiger partial charge in [0.05, 0.1) is 7.11 Å². The Morgan fingerprint density at radius 3 is 2.68 bits per heavy atom. The maximum absolute atomic E-state index is 12.3. The summed E-state index contributed by atoms with van der Waals surface area (Å²) in [6.07, 6.45) is 0.268. The van der Waals surface area contributed by atoms with E-state index in [-0.39, 0.29) is 5.57 Å². The van der Waals surface area contributed by atoms with E-state index in [1.165, 1.54) is 20.1 Å². The Morgan fingerprint density at radius 1 is 1.25 bits per heavy atom. The summed E-state index contributed by atoms with van der Waals surface area (Å²) in [4.78, 5) is 24.6. The minimum absolute atomic E-state index is 0.230. The van der Waals surface area contributed by atoms with E-state index >= 15 is 0 Å². The first-order valence-corrected chi connectivity index (χ1v) is 8.75. The largest absolute Gasteiger partial charge is 0.497 e. The number of nitriles is 1. The molecule has 0 saturated carbocycles. The molecule has 2 aromatic rings. The Balaban J connectivity index is 2.08. The summed E-state index contributed by atoms with van der Waals surface area (Å²) in [5, 5.41) is 12.4.